The van der Waals surface area contributed by atoms with E-state index < -0.39 is 0 Å². The number of nitrogens with one attached hydrogen (secondary N) is 1. The second kappa shape index (κ2) is 6.28. The van der Waals surface area contributed by atoms with Crippen LogP contribution < -0.4 is 5.32 Å². The summed E-state index contributed by atoms with van der Waals surface area (Å²) in [6.45, 7) is 4.69. The van der Waals surface area contributed by atoms with Gasteiger partial charge >= 0.3 is 0 Å². The Kier molecular flexibility index (Phi) is 4.45. The van der Waals surface area contributed by atoms with Crippen LogP contribution in [0.2, 0.25) is 0 Å². The molecule has 0 aliphatic rings. The molecule has 104 valence electrons. The van der Waals surface area contributed by atoms with Crippen molar-refractivity contribution in [3.05, 3.63) is 54.1 Å². The summed E-state index contributed by atoms with van der Waals surface area (Å²) in [5, 5.41) is 2.85. The topological polar surface area (TPSA) is 42.0 Å². The van der Waals surface area contributed by atoms with Crippen molar-refractivity contribution in [1.82, 2.24) is 10.3 Å². The fourth-order valence-electron chi connectivity index (χ4n) is 1.76. The molecule has 3 nitrogen and oxygen atoms in total. The number of pyridine rings is 1. The summed E-state index contributed by atoms with van der Waals surface area (Å²) < 4.78 is 12.9. The molecule has 1 heterocycles. The Balaban J connectivity index is 2.19. The minimum Gasteiger partial charge on any atom is -0.352 e. The summed E-state index contributed by atoms with van der Waals surface area (Å²) in [7, 11) is 0. The molecule has 1 amide bonds. The molecule has 2 aromatic rings. The van der Waals surface area contributed by atoms with E-state index in [1.165, 1.54) is 18.3 Å². The van der Waals surface area contributed by atoms with Crippen LogP contribution in [0, 0.1) is 11.7 Å². The zero-order valence-electron chi connectivity index (χ0n) is 11.6. The highest BCUT2D eigenvalue weighted by molar-refractivity contribution is 5.95. The molecule has 0 bridgehead atoms. The van der Waals surface area contributed by atoms with Crippen LogP contribution in [0.15, 0.2) is 42.7 Å². The van der Waals surface area contributed by atoms with Gasteiger partial charge in [-0.2, -0.15) is 0 Å². The van der Waals surface area contributed by atoms with Crippen molar-refractivity contribution < 1.29 is 9.18 Å². The van der Waals surface area contributed by atoms with Gasteiger partial charge in [-0.3, -0.25) is 9.78 Å². The molecule has 1 aromatic heterocycles. The summed E-state index contributed by atoms with van der Waals surface area (Å²) in [5.74, 6) is -0.0325. The van der Waals surface area contributed by atoms with Crippen LogP contribution in [0.1, 0.15) is 24.2 Å². The predicted octanol–water partition coefficient (Wildman–Crippen LogP) is 3.27. The molecule has 2 rings (SSSR count). The Morgan fingerprint density at radius 2 is 1.90 bits per heavy atom. The third-order valence-electron chi connectivity index (χ3n) is 2.85. The van der Waals surface area contributed by atoms with Gasteiger partial charge in [-0.05, 0) is 29.7 Å². The summed E-state index contributed by atoms with van der Waals surface area (Å²) in [4.78, 5) is 16.1. The monoisotopic (exact) mass is 272 g/mol. The Bertz CT molecular complexity index is 594. The van der Waals surface area contributed by atoms with Gasteiger partial charge in [-0.1, -0.05) is 26.0 Å². The highest BCUT2D eigenvalue weighted by atomic mass is 19.1. The van der Waals surface area contributed by atoms with Gasteiger partial charge in [-0.15, -0.1) is 0 Å². The van der Waals surface area contributed by atoms with E-state index in [2.05, 4.69) is 10.3 Å². The molecule has 0 spiro atoms. The number of hydrogen-bond donors (Lipinski definition) is 1. The van der Waals surface area contributed by atoms with Crippen LogP contribution in [-0.4, -0.2) is 17.4 Å². The average molecular weight is 272 g/mol. The maximum absolute atomic E-state index is 12.9. The molecule has 0 fully saturated rings. The van der Waals surface area contributed by atoms with Crippen molar-refractivity contribution in [3.8, 4) is 11.1 Å². The fourth-order valence-corrected chi connectivity index (χ4v) is 1.76. The summed E-state index contributed by atoms with van der Waals surface area (Å²) >= 11 is 0. The minimum absolute atomic E-state index is 0.143. The molecule has 20 heavy (non-hydrogen) atoms. The molecule has 0 saturated heterocycles. The molecule has 1 N–H and O–H groups in total. The van der Waals surface area contributed by atoms with E-state index in [9.17, 15) is 9.18 Å². The standard InChI is InChI=1S/C16H17FN2O/c1-11(2)8-19-16(20)14-7-13(9-18-10-14)12-3-5-15(17)6-4-12/h3-7,9-11H,8H2,1-2H3,(H,19,20). The van der Waals surface area contributed by atoms with Crippen molar-refractivity contribution in [2.45, 2.75) is 13.8 Å². The normalized spacial score (nSPS) is 10.6. The lowest BCUT2D eigenvalue weighted by molar-refractivity contribution is 0.0948. The molecule has 0 aliphatic carbocycles. The molecule has 0 saturated carbocycles. The van der Waals surface area contributed by atoms with Gasteiger partial charge in [-0.25, -0.2) is 4.39 Å². The SMILES string of the molecule is CC(C)CNC(=O)c1cncc(-c2ccc(F)cc2)c1. The largest absolute Gasteiger partial charge is 0.352 e. The number of halogens is 1. The maximum Gasteiger partial charge on any atom is 0.252 e. The van der Waals surface area contributed by atoms with E-state index in [0.717, 1.165) is 11.1 Å². The molecule has 0 atom stereocenters. The first kappa shape index (κ1) is 14.2. The number of amides is 1. The zero-order valence-corrected chi connectivity index (χ0v) is 11.6. The summed E-state index contributed by atoms with van der Waals surface area (Å²) in [5.41, 5.74) is 2.13. The number of aromatic nitrogens is 1. The fraction of sp³-hybridized carbons (Fsp3) is 0.250. The van der Waals surface area contributed by atoms with Gasteiger partial charge in [0.25, 0.3) is 5.91 Å². The molecule has 1 aromatic carbocycles. The van der Waals surface area contributed by atoms with Crippen LogP contribution in [0.5, 0.6) is 0 Å². The molecule has 0 unspecified atom stereocenters. The van der Waals surface area contributed by atoms with Crippen LogP contribution in [-0.2, 0) is 0 Å². The zero-order chi connectivity index (χ0) is 14.5. The van der Waals surface area contributed by atoms with Crippen LogP contribution in [0.3, 0.4) is 0 Å². The van der Waals surface area contributed by atoms with E-state index in [4.69, 9.17) is 0 Å². The third-order valence-corrected chi connectivity index (χ3v) is 2.85. The van der Waals surface area contributed by atoms with Crippen molar-refractivity contribution in [2.24, 2.45) is 5.92 Å². The van der Waals surface area contributed by atoms with E-state index in [1.54, 1.807) is 24.4 Å². The molecular formula is C16H17FN2O. The van der Waals surface area contributed by atoms with Crippen molar-refractivity contribution in [1.29, 1.82) is 0 Å². The number of rotatable bonds is 4. The van der Waals surface area contributed by atoms with Gasteiger partial charge in [0.05, 0.1) is 5.56 Å². The number of benzene rings is 1. The first-order valence-electron chi connectivity index (χ1n) is 6.55. The number of nitrogens with zero attached hydrogens (tertiary/aromatic N) is 1. The predicted molar refractivity (Wildman–Crippen MR) is 76.8 cm³/mol. The van der Waals surface area contributed by atoms with Crippen LogP contribution >= 0.6 is 0 Å². The van der Waals surface area contributed by atoms with Gasteiger partial charge in [0, 0.05) is 24.5 Å². The Morgan fingerprint density at radius 3 is 2.55 bits per heavy atom. The highest BCUT2D eigenvalue weighted by Gasteiger charge is 2.08. The smallest absolute Gasteiger partial charge is 0.252 e. The lowest BCUT2D eigenvalue weighted by Crippen LogP contribution is -2.27. The molecule has 4 heteroatoms. The van der Waals surface area contributed by atoms with Gasteiger partial charge in [0.15, 0.2) is 0 Å². The Labute approximate surface area is 117 Å². The second-order valence-corrected chi connectivity index (χ2v) is 5.07. The maximum atomic E-state index is 12.9. The molecule has 0 aliphatic heterocycles. The third kappa shape index (κ3) is 3.63. The molecular weight excluding hydrogens is 255 g/mol. The van der Waals surface area contributed by atoms with Crippen LogP contribution in [0.25, 0.3) is 11.1 Å². The summed E-state index contributed by atoms with van der Waals surface area (Å²) in [6.07, 6.45) is 3.19. The van der Waals surface area contributed by atoms with Gasteiger partial charge in [0.2, 0.25) is 0 Å². The van der Waals surface area contributed by atoms with Crippen molar-refractivity contribution >= 4 is 5.91 Å². The summed E-state index contributed by atoms with van der Waals surface area (Å²) in [6, 6.07) is 7.88. The number of hydrogen-bond acceptors (Lipinski definition) is 2. The van der Waals surface area contributed by atoms with Gasteiger partial charge < -0.3 is 5.32 Å². The average Bonchev–Trinajstić information content (AvgIpc) is 2.45. The Hall–Kier alpha value is -2.23. The highest BCUT2D eigenvalue weighted by Crippen LogP contribution is 2.19. The van der Waals surface area contributed by atoms with E-state index >= 15 is 0 Å². The van der Waals surface area contributed by atoms with E-state index in [1.807, 2.05) is 13.8 Å². The lowest BCUT2D eigenvalue weighted by atomic mass is 10.1. The lowest BCUT2D eigenvalue weighted by Gasteiger charge is -2.08. The molecule has 0 radical (unpaired) electrons. The number of carbonyl (C=O) groups is 1. The number of carbonyl (C=O) groups excluding carboxylic acids is 1. The van der Waals surface area contributed by atoms with Gasteiger partial charge in [0.1, 0.15) is 5.82 Å². The van der Waals surface area contributed by atoms with E-state index in [-0.39, 0.29) is 11.7 Å². The Morgan fingerprint density at radius 1 is 1.20 bits per heavy atom. The first-order valence-corrected chi connectivity index (χ1v) is 6.55. The second-order valence-electron chi connectivity index (χ2n) is 5.07. The van der Waals surface area contributed by atoms with E-state index in [0.29, 0.717) is 18.0 Å². The van der Waals surface area contributed by atoms with Crippen molar-refractivity contribution in [2.75, 3.05) is 6.54 Å². The minimum atomic E-state index is -0.285. The quantitative estimate of drug-likeness (QED) is 0.928. The van der Waals surface area contributed by atoms with Crippen molar-refractivity contribution in [3.63, 3.8) is 0 Å². The first-order chi connectivity index (χ1) is 9.56. The van der Waals surface area contributed by atoms with Crippen LogP contribution in [0.4, 0.5) is 4.39 Å².